The van der Waals surface area contributed by atoms with Crippen LogP contribution in [0.1, 0.15) is 27.7 Å². The molecule has 0 spiro atoms. The lowest BCUT2D eigenvalue weighted by Gasteiger charge is -2.30. The lowest BCUT2D eigenvalue weighted by atomic mass is 10.3. The summed E-state index contributed by atoms with van der Waals surface area (Å²) in [6.45, 7) is 9.72. The minimum absolute atomic E-state index is 0.00408. The molecular weight excluding hydrogens is 278 g/mol. The highest BCUT2D eigenvalue weighted by molar-refractivity contribution is 6.28. The highest BCUT2D eigenvalue weighted by atomic mass is 35.5. The van der Waals surface area contributed by atoms with Crippen LogP contribution in [0.15, 0.2) is 0 Å². The predicted octanol–water partition coefficient (Wildman–Crippen LogP) is 2.09. The van der Waals surface area contributed by atoms with Crippen molar-refractivity contribution in [1.29, 1.82) is 0 Å². The van der Waals surface area contributed by atoms with E-state index in [0.717, 1.165) is 13.1 Å². The summed E-state index contributed by atoms with van der Waals surface area (Å²) in [5.41, 5.74) is 0. The first-order valence-electron chi connectivity index (χ1n) is 6.83. The molecular formula is C13H24ClN5O. The molecule has 1 heterocycles. The number of rotatable bonds is 7. The third kappa shape index (κ3) is 5.09. The molecule has 0 N–H and O–H groups in total. The second-order valence-electron chi connectivity index (χ2n) is 5.25. The monoisotopic (exact) mass is 301 g/mol. The van der Waals surface area contributed by atoms with Crippen LogP contribution in [-0.2, 0) is 0 Å². The number of hydrogen-bond acceptors (Lipinski definition) is 6. The van der Waals surface area contributed by atoms with Crippen molar-refractivity contribution in [3.8, 4) is 6.01 Å². The molecule has 0 aliphatic rings. The van der Waals surface area contributed by atoms with Gasteiger partial charge in [-0.15, -0.1) is 0 Å². The zero-order chi connectivity index (χ0) is 15.3. The van der Waals surface area contributed by atoms with Crippen LogP contribution in [0.4, 0.5) is 5.95 Å². The van der Waals surface area contributed by atoms with Gasteiger partial charge in [-0.05, 0) is 53.4 Å². The van der Waals surface area contributed by atoms with Crippen LogP contribution in [0.3, 0.4) is 0 Å². The average molecular weight is 302 g/mol. The molecule has 1 rings (SSSR count). The summed E-state index contributed by atoms with van der Waals surface area (Å²) < 4.78 is 5.51. The van der Waals surface area contributed by atoms with E-state index < -0.39 is 0 Å². The molecule has 0 amide bonds. The van der Waals surface area contributed by atoms with Crippen molar-refractivity contribution >= 4 is 17.5 Å². The molecule has 114 valence electrons. The van der Waals surface area contributed by atoms with Crippen molar-refractivity contribution in [2.75, 3.05) is 32.1 Å². The Bertz CT molecular complexity index is 427. The van der Waals surface area contributed by atoms with Crippen molar-refractivity contribution in [3.63, 3.8) is 0 Å². The van der Waals surface area contributed by atoms with Gasteiger partial charge >= 0.3 is 6.01 Å². The van der Waals surface area contributed by atoms with Gasteiger partial charge in [0, 0.05) is 19.1 Å². The Morgan fingerprint density at radius 3 is 2.30 bits per heavy atom. The summed E-state index contributed by atoms with van der Waals surface area (Å²) in [5.74, 6) is 0.553. The van der Waals surface area contributed by atoms with Crippen molar-refractivity contribution < 1.29 is 4.74 Å². The van der Waals surface area contributed by atoms with E-state index in [1.54, 1.807) is 0 Å². The number of anilines is 1. The number of nitrogens with zero attached hydrogens (tertiary/aromatic N) is 5. The quantitative estimate of drug-likeness (QED) is 0.768. The Morgan fingerprint density at radius 1 is 1.15 bits per heavy atom. The smallest absolute Gasteiger partial charge is 0.322 e. The Hall–Kier alpha value is -1.14. The van der Waals surface area contributed by atoms with Crippen LogP contribution in [0.25, 0.3) is 0 Å². The van der Waals surface area contributed by atoms with Gasteiger partial charge in [0.1, 0.15) is 0 Å². The number of halogens is 1. The Kier molecular flexibility index (Phi) is 6.42. The SMILES string of the molecule is CCN(c1nc(Cl)nc(OC(C)C)n1)C(C)CN(C)C. The normalized spacial score (nSPS) is 12.8. The predicted molar refractivity (Wildman–Crippen MR) is 81.6 cm³/mol. The molecule has 0 radical (unpaired) electrons. The molecule has 0 saturated heterocycles. The van der Waals surface area contributed by atoms with Crippen LogP contribution in [-0.4, -0.2) is 59.2 Å². The van der Waals surface area contributed by atoms with Gasteiger partial charge in [-0.3, -0.25) is 0 Å². The summed E-state index contributed by atoms with van der Waals surface area (Å²) in [6.07, 6.45) is -0.00408. The fourth-order valence-electron chi connectivity index (χ4n) is 1.99. The fraction of sp³-hybridized carbons (Fsp3) is 0.769. The highest BCUT2D eigenvalue weighted by Gasteiger charge is 2.18. The largest absolute Gasteiger partial charge is 0.461 e. The minimum atomic E-state index is -0.00408. The van der Waals surface area contributed by atoms with Crippen LogP contribution >= 0.6 is 11.6 Å². The van der Waals surface area contributed by atoms with Gasteiger partial charge < -0.3 is 14.5 Å². The van der Waals surface area contributed by atoms with Gasteiger partial charge in [0.15, 0.2) is 0 Å². The second kappa shape index (κ2) is 7.59. The number of hydrogen-bond donors (Lipinski definition) is 0. The van der Waals surface area contributed by atoms with Gasteiger partial charge in [-0.2, -0.15) is 15.0 Å². The Morgan fingerprint density at radius 2 is 1.80 bits per heavy atom. The maximum Gasteiger partial charge on any atom is 0.322 e. The summed E-state index contributed by atoms with van der Waals surface area (Å²) in [4.78, 5) is 16.8. The first-order valence-corrected chi connectivity index (χ1v) is 7.20. The molecule has 0 bridgehead atoms. The van der Waals surface area contributed by atoms with Crippen LogP contribution in [0.2, 0.25) is 5.28 Å². The number of ether oxygens (including phenoxy) is 1. The van der Waals surface area contributed by atoms with Gasteiger partial charge in [0.05, 0.1) is 6.10 Å². The van der Waals surface area contributed by atoms with Crippen LogP contribution < -0.4 is 9.64 Å². The molecule has 7 heteroatoms. The molecule has 1 unspecified atom stereocenters. The third-order valence-corrected chi connectivity index (χ3v) is 2.84. The van der Waals surface area contributed by atoms with Crippen LogP contribution in [0.5, 0.6) is 6.01 Å². The maximum absolute atomic E-state index is 5.97. The Balaban J connectivity index is 2.99. The lowest BCUT2D eigenvalue weighted by molar-refractivity contribution is 0.221. The standard InChI is InChI=1S/C13H24ClN5O/c1-7-19(10(4)8-18(5)6)12-15-11(14)16-13(17-12)20-9(2)3/h9-10H,7-8H2,1-6H3. The van der Waals surface area contributed by atoms with Gasteiger partial charge in [-0.1, -0.05) is 0 Å². The summed E-state index contributed by atoms with van der Waals surface area (Å²) in [5, 5.41) is 0.154. The van der Waals surface area contributed by atoms with E-state index in [2.05, 4.69) is 38.6 Å². The number of aromatic nitrogens is 3. The molecule has 6 nitrogen and oxygen atoms in total. The van der Waals surface area contributed by atoms with Crippen molar-refractivity contribution in [3.05, 3.63) is 5.28 Å². The maximum atomic E-state index is 5.97. The van der Waals surface area contributed by atoms with E-state index >= 15 is 0 Å². The van der Waals surface area contributed by atoms with E-state index in [-0.39, 0.29) is 23.4 Å². The first kappa shape index (κ1) is 16.9. The molecule has 0 aliphatic heterocycles. The molecule has 1 aromatic rings. The highest BCUT2D eigenvalue weighted by Crippen LogP contribution is 2.18. The van der Waals surface area contributed by atoms with E-state index in [1.165, 1.54) is 0 Å². The first-order chi connectivity index (χ1) is 9.33. The Labute approximate surface area is 126 Å². The molecule has 0 fully saturated rings. The molecule has 0 saturated carbocycles. The molecule has 1 aromatic heterocycles. The summed E-state index contributed by atoms with van der Waals surface area (Å²) >= 11 is 5.97. The lowest BCUT2D eigenvalue weighted by Crippen LogP contribution is -2.41. The second-order valence-corrected chi connectivity index (χ2v) is 5.59. The third-order valence-electron chi connectivity index (χ3n) is 2.68. The van der Waals surface area contributed by atoms with Gasteiger partial charge in [0.2, 0.25) is 11.2 Å². The van der Waals surface area contributed by atoms with E-state index in [1.807, 2.05) is 27.9 Å². The molecule has 20 heavy (non-hydrogen) atoms. The van der Waals surface area contributed by atoms with Gasteiger partial charge in [0.25, 0.3) is 0 Å². The average Bonchev–Trinajstić information content (AvgIpc) is 2.26. The van der Waals surface area contributed by atoms with Crippen molar-refractivity contribution in [2.45, 2.75) is 39.8 Å². The topological polar surface area (TPSA) is 54.4 Å². The number of likely N-dealkylation sites (N-methyl/N-ethyl adjacent to an activating group) is 2. The van der Waals surface area contributed by atoms with Gasteiger partial charge in [-0.25, -0.2) is 0 Å². The van der Waals surface area contributed by atoms with Crippen molar-refractivity contribution in [2.24, 2.45) is 0 Å². The fourth-order valence-corrected chi connectivity index (χ4v) is 2.14. The summed E-state index contributed by atoms with van der Waals surface area (Å²) in [6, 6.07) is 0.533. The molecule has 0 aliphatic carbocycles. The van der Waals surface area contributed by atoms with E-state index in [4.69, 9.17) is 16.3 Å². The molecule has 1 atom stereocenters. The molecule has 0 aromatic carbocycles. The van der Waals surface area contributed by atoms with Crippen molar-refractivity contribution in [1.82, 2.24) is 19.9 Å². The van der Waals surface area contributed by atoms with E-state index in [0.29, 0.717) is 5.95 Å². The van der Waals surface area contributed by atoms with Crippen LogP contribution in [0, 0.1) is 0 Å². The summed E-state index contributed by atoms with van der Waals surface area (Å²) in [7, 11) is 4.08. The zero-order valence-electron chi connectivity index (χ0n) is 13.1. The zero-order valence-corrected chi connectivity index (χ0v) is 13.8. The van der Waals surface area contributed by atoms with E-state index in [9.17, 15) is 0 Å². The minimum Gasteiger partial charge on any atom is -0.461 e.